The second kappa shape index (κ2) is 4.82. The zero-order chi connectivity index (χ0) is 12.6. The maximum absolute atomic E-state index is 13.7. The fourth-order valence-corrected chi connectivity index (χ4v) is 2.27. The predicted molar refractivity (Wildman–Crippen MR) is 65.7 cm³/mol. The van der Waals surface area contributed by atoms with Crippen molar-refractivity contribution in [3.05, 3.63) is 28.8 Å². The Kier molecular flexibility index (Phi) is 3.58. The van der Waals surface area contributed by atoms with Crippen molar-refractivity contribution >= 4 is 35.8 Å². The Hall–Kier alpha value is -0.810. The Morgan fingerprint density at radius 3 is 2.76 bits per heavy atom. The molecule has 1 aromatic carbocycles. The van der Waals surface area contributed by atoms with E-state index in [2.05, 4.69) is 12.6 Å². The van der Waals surface area contributed by atoms with Crippen molar-refractivity contribution in [1.82, 2.24) is 0 Å². The van der Waals surface area contributed by atoms with Crippen LogP contribution in [0, 0.1) is 17.6 Å². The summed E-state index contributed by atoms with van der Waals surface area (Å²) in [6, 6.07) is 2.29. The Labute approximate surface area is 108 Å². The summed E-state index contributed by atoms with van der Waals surface area (Å²) in [7, 11) is 0. The minimum absolute atomic E-state index is 0.0330. The molecule has 0 spiro atoms. The number of anilines is 1. The molecule has 0 aliphatic carbocycles. The van der Waals surface area contributed by atoms with E-state index >= 15 is 0 Å². The monoisotopic (exact) mass is 277 g/mol. The molecule has 1 aliphatic rings. The van der Waals surface area contributed by atoms with Gasteiger partial charge in [-0.15, -0.1) is 0 Å². The fourth-order valence-electron chi connectivity index (χ4n) is 1.86. The highest BCUT2D eigenvalue weighted by atomic mass is 35.5. The van der Waals surface area contributed by atoms with Crippen molar-refractivity contribution in [1.29, 1.82) is 0 Å². The van der Waals surface area contributed by atoms with E-state index < -0.39 is 16.7 Å². The van der Waals surface area contributed by atoms with E-state index in [-0.39, 0.29) is 17.5 Å². The molecule has 1 saturated heterocycles. The van der Waals surface area contributed by atoms with Gasteiger partial charge in [-0.05, 0) is 23.8 Å². The van der Waals surface area contributed by atoms with Crippen LogP contribution >= 0.6 is 24.2 Å². The number of hydrogen-bond acceptors (Lipinski definition) is 2. The van der Waals surface area contributed by atoms with E-state index in [1.165, 1.54) is 11.0 Å². The lowest BCUT2D eigenvalue weighted by Gasteiger charge is -2.17. The van der Waals surface area contributed by atoms with Gasteiger partial charge in [0.05, 0.1) is 5.69 Å². The molecule has 2 nitrogen and oxygen atoms in total. The van der Waals surface area contributed by atoms with Crippen LogP contribution in [-0.2, 0) is 4.79 Å². The topological polar surface area (TPSA) is 20.3 Å². The van der Waals surface area contributed by atoms with Crippen molar-refractivity contribution in [3.8, 4) is 0 Å². The summed E-state index contributed by atoms with van der Waals surface area (Å²) < 4.78 is 26.7. The summed E-state index contributed by atoms with van der Waals surface area (Å²) in [5, 5.41) is -0.579. The van der Waals surface area contributed by atoms with Crippen LogP contribution in [0.4, 0.5) is 14.5 Å². The van der Waals surface area contributed by atoms with E-state index in [1.807, 2.05) is 0 Å². The van der Waals surface area contributed by atoms with Crippen LogP contribution in [-0.4, -0.2) is 18.2 Å². The van der Waals surface area contributed by atoms with Gasteiger partial charge in [-0.3, -0.25) is 4.79 Å². The Morgan fingerprint density at radius 2 is 2.18 bits per heavy atom. The van der Waals surface area contributed by atoms with Crippen molar-refractivity contribution in [2.75, 3.05) is 17.2 Å². The van der Waals surface area contributed by atoms with Gasteiger partial charge in [-0.25, -0.2) is 8.78 Å². The van der Waals surface area contributed by atoms with Gasteiger partial charge in [0.2, 0.25) is 5.91 Å². The highest BCUT2D eigenvalue weighted by molar-refractivity contribution is 7.80. The number of nitrogens with zero attached hydrogens (tertiary/aromatic N) is 1. The summed E-state index contributed by atoms with van der Waals surface area (Å²) in [6.45, 7) is 0.390. The van der Waals surface area contributed by atoms with E-state index in [0.717, 1.165) is 6.07 Å². The lowest BCUT2D eigenvalue weighted by atomic mass is 10.1. The number of amides is 1. The van der Waals surface area contributed by atoms with Crippen molar-refractivity contribution in [2.45, 2.75) is 6.42 Å². The van der Waals surface area contributed by atoms with Gasteiger partial charge < -0.3 is 4.90 Å². The second-order valence-corrected chi connectivity index (χ2v) is 4.69. The van der Waals surface area contributed by atoms with Gasteiger partial charge in [0.15, 0.2) is 5.82 Å². The molecule has 1 unspecified atom stereocenters. The van der Waals surface area contributed by atoms with Crippen LogP contribution in [0.1, 0.15) is 6.42 Å². The molecule has 6 heteroatoms. The van der Waals surface area contributed by atoms with Gasteiger partial charge in [-0.1, -0.05) is 11.6 Å². The number of carbonyl (C=O) groups excluding carboxylic acids is 1. The normalized spacial score (nSPS) is 20.1. The molecule has 0 N–H and O–H groups in total. The zero-order valence-electron chi connectivity index (χ0n) is 8.79. The van der Waals surface area contributed by atoms with Crippen molar-refractivity contribution in [3.63, 3.8) is 0 Å². The summed E-state index contributed by atoms with van der Waals surface area (Å²) >= 11 is 9.59. The highest BCUT2D eigenvalue weighted by Crippen LogP contribution is 2.32. The first-order valence-electron chi connectivity index (χ1n) is 5.09. The quantitative estimate of drug-likeness (QED) is 0.651. The Balaban J connectivity index is 2.35. The molecule has 1 atom stereocenters. The average Bonchev–Trinajstić information content (AvgIpc) is 2.68. The van der Waals surface area contributed by atoms with E-state index in [0.29, 0.717) is 18.7 Å². The number of benzene rings is 1. The predicted octanol–water partition coefficient (Wildman–Crippen LogP) is 2.90. The van der Waals surface area contributed by atoms with Gasteiger partial charge in [0.25, 0.3) is 0 Å². The number of rotatable bonds is 2. The molecular formula is C11H10ClF2NOS. The van der Waals surface area contributed by atoms with E-state index in [9.17, 15) is 13.6 Å². The molecule has 1 aromatic rings. The Bertz CT molecular complexity index is 469. The first kappa shape index (κ1) is 12.6. The lowest BCUT2D eigenvalue weighted by molar-refractivity contribution is -0.117. The third-order valence-electron chi connectivity index (χ3n) is 2.77. The fraction of sp³-hybridized carbons (Fsp3) is 0.364. The average molecular weight is 278 g/mol. The van der Waals surface area contributed by atoms with Crippen molar-refractivity contribution < 1.29 is 13.6 Å². The number of halogens is 3. The molecule has 1 fully saturated rings. The first-order valence-corrected chi connectivity index (χ1v) is 6.10. The molecule has 17 heavy (non-hydrogen) atoms. The van der Waals surface area contributed by atoms with Crippen molar-refractivity contribution in [2.24, 2.45) is 5.92 Å². The lowest BCUT2D eigenvalue weighted by Crippen LogP contribution is -2.25. The van der Waals surface area contributed by atoms with Crippen LogP contribution < -0.4 is 4.90 Å². The molecule has 0 saturated carbocycles. The van der Waals surface area contributed by atoms with Gasteiger partial charge in [-0.2, -0.15) is 12.6 Å². The molecule has 0 radical (unpaired) electrons. The van der Waals surface area contributed by atoms with Crippen LogP contribution in [0.3, 0.4) is 0 Å². The minimum atomic E-state index is -0.889. The van der Waals surface area contributed by atoms with Crippen LogP contribution in [0.2, 0.25) is 5.02 Å². The van der Waals surface area contributed by atoms with Crippen LogP contribution in [0.5, 0.6) is 0 Å². The van der Waals surface area contributed by atoms with E-state index in [1.54, 1.807) is 0 Å². The number of carbonyl (C=O) groups is 1. The molecule has 0 bridgehead atoms. The molecule has 2 rings (SSSR count). The second-order valence-electron chi connectivity index (χ2n) is 3.95. The maximum atomic E-state index is 13.7. The van der Waals surface area contributed by atoms with Gasteiger partial charge in [0.1, 0.15) is 10.8 Å². The third kappa shape index (κ3) is 2.26. The molecule has 92 valence electrons. The van der Waals surface area contributed by atoms with Crippen LogP contribution in [0.15, 0.2) is 12.1 Å². The third-order valence-corrected chi connectivity index (χ3v) is 3.63. The largest absolute Gasteiger partial charge is 0.309 e. The number of hydrogen-bond donors (Lipinski definition) is 1. The minimum Gasteiger partial charge on any atom is -0.309 e. The van der Waals surface area contributed by atoms with Gasteiger partial charge >= 0.3 is 0 Å². The first-order chi connectivity index (χ1) is 8.04. The van der Waals surface area contributed by atoms with Gasteiger partial charge in [0, 0.05) is 13.0 Å². The molecule has 1 amide bonds. The smallest absolute Gasteiger partial charge is 0.227 e. The van der Waals surface area contributed by atoms with Crippen LogP contribution in [0.25, 0.3) is 0 Å². The Morgan fingerprint density at radius 1 is 1.47 bits per heavy atom. The zero-order valence-corrected chi connectivity index (χ0v) is 10.4. The summed E-state index contributed by atoms with van der Waals surface area (Å²) in [4.78, 5) is 13.0. The molecular weight excluding hydrogens is 268 g/mol. The summed E-state index contributed by atoms with van der Waals surface area (Å²) in [5.74, 6) is -1.26. The maximum Gasteiger partial charge on any atom is 0.227 e. The number of thiol groups is 1. The summed E-state index contributed by atoms with van der Waals surface area (Å²) in [5.41, 5.74) is 0.0330. The molecule has 0 aromatic heterocycles. The molecule has 1 aliphatic heterocycles. The summed E-state index contributed by atoms with van der Waals surface area (Å²) in [6.07, 6.45) is 0.331. The van der Waals surface area contributed by atoms with E-state index in [4.69, 9.17) is 11.6 Å². The standard InChI is InChI=1S/C11H10ClF2NOS/c12-10-7(13)1-2-8(11(10)14)15-4-6(5-17)3-9(15)16/h1-2,6,17H,3-5H2. The molecule has 1 heterocycles. The highest BCUT2D eigenvalue weighted by Gasteiger charge is 2.32. The SMILES string of the molecule is O=C1CC(CS)CN1c1ccc(F)c(Cl)c1F.